The van der Waals surface area contributed by atoms with Gasteiger partial charge in [0.15, 0.2) is 6.17 Å². The van der Waals surface area contributed by atoms with Crippen LogP contribution in [-0.4, -0.2) is 40.5 Å². The highest BCUT2D eigenvalue weighted by Gasteiger charge is 2.47. The van der Waals surface area contributed by atoms with Crippen LogP contribution >= 0.6 is 0 Å². The van der Waals surface area contributed by atoms with Crippen molar-refractivity contribution in [2.75, 3.05) is 6.54 Å². The van der Waals surface area contributed by atoms with Crippen molar-refractivity contribution in [1.82, 2.24) is 10.3 Å². The Labute approximate surface area is 163 Å². The number of carbonyl (C=O) groups is 1. The van der Waals surface area contributed by atoms with Crippen LogP contribution in [0.15, 0.2) is 23.0 Å². The highest BCUT2D eigenvalue weighted by molar-refractivity contribution is 5.83. The van der Waals surface area contributed by atoms with Crippen molar-refractivity contribution in [1.29, 1.82) is 5.26 Å². The first-order valence-corrected chi connectivity index (χ1v) is 8.97. The maximum Gasteiger partial charge on any atom is 0.252 e. The number of hydrogen-bond acceptors (Lipinski definition) is 4. The minimum absolute atomic E-state index is 0.0402. The maximum absolute atomic E-state index is 14.3. The Hall–Kier alpha value is -3.22. The van der Waals surface area contributed by atoms with E-state index in [1.807, 2.05) is 6.07 Å². The summed E-state index contributed by atoms with van der Waals surface area (Å²) in [6, 6.07) is 2.62. The second-order valence-corrected chi connectivity index (χ2v) is 7.17. The number of benzene rings is 1. The number of nitriles is 1. The first kappa shape index (κ1) is 20.5. The van der Waals surface area contributed by atoms with Crippen molar-refractivity contribution in [2.24, 2.45) is 5.92 Å². The number of aromatic nitrogens is 1. The zero-order chi connectivity index (χ0) is 21.3. The number of alkyl halides is 1. The van der Waals surface area contributed by atoms with Crippen molar-refractivity contribution >= 4 is 16.8 Å². The largest absolute Gasteiger partial charge is 0.346 e. The zero-order valence-corrected chi connectivity index (χ0v) is 15.4. The van der Waals surface area contributed by atoms with Crippen LogP contribution in [0.5, 0.6) is 0 Å². The van der Waals surface area contributed by atoms with Crippen LogP contribution in [0.1, 0.15) is 18.9 Å². The third kappa shape index (κ3) is 4.29. The van der Waals surface area contributed by atoms with E-state index in [1.165, 1.54) is 6.92 Å². The number of nitrogens with zero attached hydrogens (tertiary/aromatic N) is 2. The molecule has 0 spiro atoms. The van der Waals surface area contributed by atoms with Gasteiger partial charge in [-0.3, -0.25) is 9.59 Å². The van der Waals surface area contributed by atoms with E-state index in [0.717, 1.165) is 12.1 Å². The molecule has 1 saturated heterocycles. The molecule has 2 N–H and O–H groups in total. The number of halogens is 3. The Balaban J connectivity index is 1.74. The van der Waals surface area contributed by atoms with E-state index in [-0.39, 0.29) is 29.4 Å². The fourth-order valence-electron chi connectivity index (χ4n) is 3.63. The van der Waals surface area contributed by atoms with Crippen LogP contribution < -0.4 is 10.9 Å². The molecule has 4 unspecified atom stereocenters. The number of pyridine rings is 1. The van der Waals surface area contributed by atoms with E-state index in [0.29, 0.717) is 10.8 Å². The van der Waals surface area contributed by atoms with Crippen LogP contribution in [0.2, 0.25) is 0 Å². The van der Waals surface area contributed by atoms with Gasteiger partial charge in [-0.2, -0.15) is 5.26 Å². The smallest absolute Gasteiger partial charge is 0.252 e. The molecular weight excluding hydrogens is 389 g/mol. The number of H-pyrrole nitrogens is 1. The van der Waals surface area contributed by atoms with Crippen LogP contribution in [0.3, 0.4) is 0 Å². The summed E-state index contributed by atoms with van der Waals surface area (Å²) in [4.78, 5) is 38.8. The SMILES string of the molecule is CC(NC(=O)Cc1cc2c(F)cc(F)cc2[nH]c1=O)C1C(F)CC(C#N)C[N+]1=O. The van der Waals surface area contributed by atoms with Gasteiger partial charge in [-0.25, -0.2) is 13.2 Å². The van der Waals surface area contributed by atoms with Crippen LogP contribution in [0.25, 0.3) is 10.9 Å². The Kier molecular flexibility index (Phi) is 5.68. The van der Waals surface area contributed by atoms with E-state index >= 15 is 0 Å². The number of fused-ring (bicyclic) bond motifs is 1. The second kappa shape index (κ2) is 8.03. The molecular formula is C19H18F3N4O3+. The lowest BCUT2D eigenvalue weighted by Gasteiger charge is -2.26. The summed E-state index contributed by atoms with van der Waals surface area (Å²) < 4.78 is 42.0. The molecule has 1 aromatic carbocycles. The van der Waals surface area contributed by atoms with Crippen LogP contribution in [0.4, 0.5) is 13.2 Å². The van der Waals surface area contributed by atoms with Gasteiger partial charge < -0.3 is 10.3 Å². The third-order valence-electron chi connectivity index (χ3n) is 5.00. The zero-order valence-electron chi connectivity index (χ0n) is 15.4. The lowest BCUT2D eigenvalue weighted by atomic mass is 9.90. The summed E-state index contributed by atoms with van der Waals surface area (Å²) in [7, 11) is 0. The molecule has 1 aromatic heterocycles. The number of hydrogen-bond donors (Lipinski definition) is 2. The van der Waals surface area contributed by atoms with E-state index < -0.39 is 53.7 Å². The lowest BCUT2D eigenvalue weighted by molar-refractivity contribution is -0.610. The van der Waals surface area contributed by atoms with Crippen LogP contribution in [-0.2, 0) is 11.2 Å². The Morgan fingerprint density at radius 1 is 1.41 bits per heavy atom. The molecule has 0 bridgehead atoms. The fourth-order valence-corrected chi connectivity index (χ4v) is 3.63. The number of rotatable bonds is 4. The molecule has 10 heteroatoms. The number of carbonyl (C=O) groups excluding carboxylic acids is 1. The molecule has 7 nitrogen and oxygen atoms in total. The van der Waals surface area contributed by atoms with Crippen molar-refractivity contribution in [3.05, 3.63) is 50.7 Å². The van der Waals surface area contributed by atoms with Crippen molar-refractivity contribution in [3.8, 4) is 6.07 Å². The van der Waals surface area contributed by atoms with E-state index in [1.54, 1.807) is 0 Å². The number of nitrogens with one attached hydrogen (secondary N) is 2. The van der Waals surface area contributed by atoms with Crippen molar-refractivity contribution in [3.63, 3.8) is 0 Å². The van der Waals surface area contributed by atoms with Gasteiger partial charge in [0.25, 0.3) is 11.6 Å². The minimum Gasteiger partial charge on any atom is -0.346 e. The first-order chi connectivity index (χ1) is 13.7. The standard InChI is InChI=1S/C19H17F3N4O3/c1-9(18-15(22)2-10(7-23)8-26(18)29)24-17(27)4-11-3-13-14(21)5-12(20)6-16(13)25-19(11)28/h3,5-6,9-10,15,18H,2,4,8H2,1H3,(H-,24,25,27,28)/p+1. The van der Waals surface area contributed by atoms with E-state index in [2.05, 4.69) is 10.3 Å². The van der Waals surface area contributed by atoms with Gasteiger partial charge in [0, 0.05) is 33.1 Å². The number of nitroso groups, excluding NO2 is 1. The van der Waals surface area contributed by atoms with Crippen molar-refractivity contribution < 1.29 is 22.7 Å². The third-order valence-corrected chi connectivity index (χ3v) is 5.00. The summed E-state index contributed by atoms with van der Waals surface area (Å²) >= 11 is 0. The molecule has 2 heterocycles. The molecule has 1 amide bonds. The normalized spacial score (nSPS) is 22.9. The molecule has 0 aliphatic carbocycles. The number of piperidine rings is 1. The summed E-state index contributed by atoms with van der Waals surface area (Å²) in [5, 5.41) is 11.3. The van der Waals surface area contributed by atoms with Gasteiger partial charge in [-0.15, -0.1) is 0 Å². The van der Waals surface area contributed by atoms with Gasteiger partial charge in [0.2, 0.25) is 12.5 Å². The average Bonchev–Trinajstić information content (AvgIpc) is 2.62. The number of amides is 1. The Morgan fingerprint density at radius 2 is 2.14 bits per heavy atom. The predicted molar refractivity (Wildman–Crippen MR) is 96.7 cm³/mol. The molecule has 1 fully saturated rings. The highest BCUT2D eigenvalue weighted by atomic mass is 19.1. The monoisotopic (exact) mass is 407 g/mol. The quantitative estimate of drug-likeness (QED) is 0.755. The predicted octanol–water partition coefficient (Wildman–Crippen LogP) is 1.88. The molecule has 0 radical (unpaired) electrons. The molecule has 0 saturated carbocycles. The Bertz CT molecular complexity index is 1080. The minimum atomic E-state index is -1.59. The highest BCUT2D eigenvalue weighted by Crippen LogP contribution is 2.24. The van der Waals surface area contributed by atoms with E-state index in [4.69, 9.17) is 5.26 Å². The molecule has 29 heavy (non-hydrogen) atoms. The summed E-state index contributed by atoms with van der Waals surface area (Å²) in [6.07, 6.45) is -2.12. The average molecular weight is 407 g/mol. The molecule has 2 aromatic rings. The van der Waals surface area contributed by atoms with E-state index in [9.17, 15) is 27.7 Å². The maximum atomic E-state index is 14.3. The van der Waals surface area contributed by atoms with Crippen LogP contribution in [0, 0.1) is 33.8 Å². The van der Waals surface area contributed by atoms with Gasteiger partial charge >= 0.3 is 0 Å². The lowest BCUT2D eigenvalue weighted by Crippen LogP contribution is -2.55. The molecule has 3 rings (SSSR count). The van der Waals surface area contributed by atoms with Gasteiger partial charge in [0.05, 0.1) is 24.0 Å². The van der Waals surface area contributed by atoms with Crippen molar-refractivity contribution in [2.45, 2.75) is 38.0 Å². The van der Waals surface area contributed by atoms with Gasteiger partial charge in [-0.05, 0) is 19.1 Å². The fraction of sp³-hybridized carbons (Fsp3) is 0.421. The molecule has 4 atom stereocenters. The molecule has 1 aliphatic rings. The second-order valence-electron chi connectivity index (χ2n) is 7.17. The topological polar surface area (TPSA) is 106 Å². The summed E-state index contributed by atoms with van der Waals surface area (Å²) in [6.45, 7) is 1.31. The van der Waals surface area contributed by atoms with Gasteiger partial charge in [-0.1, -0.05) is 0 Å². The Morgan fingerprint density at radius 3 is 2.79 bits per heavy atom. The molecule has 152 valence electrons. The molecule has 1 aliphatic heterocycles. The number of aromatic amines is 1. The summed E-state index contributed by atoms with van der Waals surface area (Å²) in [5.74, 6) is -3.10. The first-order valence-electron chi connectivity index (χ1n) is 8.97. The summed E-state index contributed by atoms with van der Waals surface area (Å²) in [5.41, 5.74) is -0.785. The van der Waals surface area contributed by atoms with Gasteiger partial charge in [0.1, 0.15) is 17.6 Å².